The van der Waals surface area contributed by atoms with E-state index in [1.807, 2.05) is 6.07 Å². The Morgan fingerprint density at radius 2 is 1.84 bits per heavy atom. The summed E-state index contributed by atoms with van der Waals surface area (Å²) in [6.45, 7) is 3.22. The lowest BCUT2D eigenvalue weighted by atomic mass is 9.52. The summed E-state index contributed by atoms with van der Waals surface area (Å²) >= 11 is 0. The molecule has 1 aromatic rings. The SMILES string of the molecule is Nc1nc(OCC2[C@H]3C[C@H]4C[C@H](C3)C[C@H]2C4)cc(N2CCC3(CC2)CN[C@H](C(=O)O)C3)n1. The zero-order valence-corrected chi connectivity index (χ0v) is 18.7. The molecule has 1 atom stereocenters. The number of carboxylic acid groups (broad SMARTS) is 1. The van der Waals surface area contributed by atoms with Crippen LogP contribution in [-0.2, 0) is 4.79 Å². The molecule has 1 aromatic heterocycles. The van der Waals surface area contributed by atoms with Gasteiger partial charge in [-0.3, -0.25) is 4.79 Å². The van der Waals surface area contributed by atoms with Crippen molar-refractivity contribution < 1.29 is 14.6 Å². The summed E-state index contributed by atoms with van der Waals surface area (Å²) in [5.41, 5.74) is 6.13. The van der Waals surface area contributed by atoms with Crippen molar-refractivity contribution in [3.05, 3.63) is 6.07 Å². The summed E-state index contributed by atoms with van der Waals surface area (Å²) in [4.78, 5) is 22.4. The number of hydrogen-bond donors (Lipinski definition) is 3. The Kier molecular flexibility index (Phi) is 4.97. The van der Waals surface area contributed by atoms with Crippen LogP contribution in [0.25, 0.3) is 0 Å². The lowest BCUT2D eigenvalue weighted by Gasteiger charge is -2.54. The monoisotopic (exact) mass is 441 g/mol. The normalized spacial score (nSPS) is 37.2. The van der Waals surface area contributed by atoms with Gasteiger partial charge in [-0.25, -0.2) is 0 Å². The second kappa shape index (κ2) is 7.75. The minimum Gasteiger partial charge on any atom is -0.480 e. The number of anilines is 2. The highest BCUT2D eigenvalue weighted by Crippen LogP contribution is 2.56. The third-order valence-corrected chi connectivity index (χ3v) is 9.36. The van der Waals surface area contributed by atoms with Crippen molar-refractivity contribution in [2.45, 2.75) is 57.4 Å². The van der Waals surface area contributed by atoms with Crippen LogP contribution in [0.15, 0.2) is 6.07 Å². The van der Waals surface area contributed by atoms with E-state index in [4.69, 9.17) is 10.5 Å². The number of aliphatic carboxylic acids is 1. The van der Waals surface area contributed by atoms with Crippen LogP contribution >= 0.6 is 0 Å². The molecule has 4 bridgehead atoms. The van der Waals surface area contributed by atoms with Gasteiger partial charge in [0, 0.05) is 25.7 Å². The molecule has 0 amide bonds. The van der Waals surface area contributed by atoms with Gasteiger partial charge in [0.15, 0.2) is 0 Å². The third-order valence-electron chi connectivity index (χ3n) is 9.36. The van der Waals surface area contributed by atoms with E-state index in [1.54, 1.807) is 0 Å². The number of carbonyl (C=O) groups is 1. The number of ether oxygens (including phenoxy) is 1. The predicted molar refractivity (Wildman–Crippen MR) is 120 cm³/mol. The number of nitrogens with one attached hydrogen (secondary N) is 1. The zero-order chi connectivity index (χ0) is 21.9. The summed E-state index contributed by atoms with van der Waals surface area (Å²) < 4.78 is 6.24. The second-order valence-corrected chi connectivity index (χ2v) is 11.3. The number of carboxylic acids is 1. The highest BCUT2D eigenvalue weighted by atomic mass is 16.5. The first-order chi connectivity index (χ1) is 15.5. The number of aromatic nitrogens is 2. The van der Waals surface area contributed by atoms with Gasteiger partial charge in [-0.05, 0) is 86.4 Å². The Hall–Kier alpha value is -2.09. The maximum atomic E-state index is 11.3. The molecule has 4 N–H and O–H groups in total. The molecule has 4 saturated carbocycles. The largest absolute Gasteiger partial charge is 0.480 e. The van der Waals surface area contributed by atoms with E-state index in [0.717, 1.165) is 68.6 Å². The van der Waals surface area contributed by atoms with Crippen molar-refractivity contribution in [3.8, 4) is 5.88 Å². The van der Waals surface area contributed by atoms with Crippen LogP contribution in [-0.4, -0.2) is 53.3 Å². The van der Waals surface area contributed by atoms with Crippen molar-refractivity contribution in [2.24, 2.45) is 35.0 Å². The smallest absolute Gasteiger partial charge is 0.320 e. The minimum atomic E-state index is -0.742. The topological polar surface area (TPSA) is 114 Å². The van der Waals surface area contributed by atoms with Crippen LogP contribution in [0.1, 0.15) is 51.4 Å². The Morgan fingerprint density at radius 3 is 2.47 bits per heavy atom. The Labute approximate surface area is 189 Å². The maximum Gasteiger partial charge on any atom is 0.320 e. The average Bonchev–Trinajstić information content (AvgIpc) is 3.17. The van der Waals surface area contributed by atoms with Gasteiger partial charge in [0.25, 0.3) is 0 Å². The molecule has 0 unspecified atom stereocenters. The van der Waals surface area contributed by atoms with E-state index in [0.29, 0.717) is 18.2 Å². The van der Waals surface area contributed by atoms with Gasteiger partial charge < -0.3 is 25.8 Å². The van der Waals surface area contributed by atoms with E-state index >= 15 is 0 Å². The first-order valence-electron chi connectivity index (χ1n) is 12.4. The molecule has 0 aromatic carbocycles. The lowest BCUT2D eigenvalue weighted by Crippen LogP contribution is -2.47. The van der Waals surface area contributed by atoms with Crippen LogP contribution < -0.4 is 20.7 Å². The van der Waals surface area contributed by atoms with Crippen molar-refractivity contribution in [1.82, 2.24) is 15.3 Å². The molecule has 0 radical (unpaired) electrons. The Balaban J connectivity index is 1.09. The van der Waals surface area contributed by atoms with E-state index in [-0.39, 0.29) is 11.4 Å². The third kappa shape index (κ3) is 3.70. The number of piperidine rings is 1. The fraction of sp³-hybridized carbons (Fsp3) is 0.792. The Morgan fingerprint density at radius 1 is 1.16 bits per heavy atom. The summed E-state index contributed by atoms with van der Waals surface area (Å²) in [6, 6.07) is 1.53. The Bertz CT molecular complexity index is 856. The van der Waals surface area contributed by atoms with Gasteiger partial charge >= 0.3 is 5.97 Å². The summed E-state index contributed by atoms with van der Waals surface area (Å²) in [6.07, 6.45) is 9.67. The molecular weight excluding hydrogens is 406 g/mol. The first kappa shape index (κ1) is 20.5. The predicted octanol–water partition coefficient (Wildman–Crippen LogP) is 2.54. The average molecular weight is 442 g/mol. The molecule has 1 spiro atoms. The first-order valence-corrected chi connectivity index (χ1v) is 12.4. The van der Waals surface area contributed by atoms with E-state index in [9.17, 15) is 9.90 Å². The molecule has 2 aliphatic heterocycles. The molecule has 8 heteroatoms. The summed E-state index contributed by atoms with van der Waals surface area (Å²) in [5, 5.41) is 12.5. The summed E-state index contributed by atoms with van der Waals surface area (Å²) in [5.74, 6) is 5.20. The summed E-state index contributed by atoms with van der Waals surface area (Å²) in [7, 11) is 0. The van der Waals surface area contributed by atoms with E-state index in [1.165, 1.54) is 32.1 Å². The van der Waals surface area contributed by atoms with E-state index in [2.05, 4.69) is 20.2 Å². The highest BCUT2D eigenvalue weighted by Gasteiger charge is 2.48. The van der Waals surface area contributed by atoms with Gasteiger partial charge in [0.05, 0.1) is 6.61 Å². The molecule has 6 fully saturated rings. The number of rotatable bonds is 5. The van der Waals surface area contributed by atoms with Crippen molar-refractivity contribution in [2.75, 3.05) is 36.9 Å². The number of nitrogens with zero attached hydrogens (tertiary/aromatic N) is 3. The van der Waals surface area contributed by atoms with Crippen LogP contribution in [0.2, 0.25) is 0 Å². The van der Waals surface area contributed by atoms with Crippen LogP contribution in [0, 0.1) is 35.0 Å². The number of hydrogen-bond acceptors (Lipinski definition) is 7. The van der Waals surface area contributed by atoms with Crippen LogP contribution in [0.3, 0.4) is 0 Å². The van der Waals surface area contributed by atoms with Crippen molar-refractivity contribution >= 4 is 17.7 Å². The molecule has 7 rings (SSSR count). The van der Waals surface area contributed by atoms with Crippen molar-refractivity contribution in [1.29, 1.82) is 0 Å². The lowest BCUT2D eigenvalue weighted by molar-refractivity contribution is -0.139. The molecule has 4 aliphatic carbocycles. The number of nitrogens with two attached hydrogens (primary N) is 1. The fourth-order valence-corrected chi connectivity index (χ4v) is 7.84. The second-order valence-electron chi connectivity index (χ2n) is 11.3. The van der Waals surface area contributed by atoms with Crippen LogP contribution in [0.5, 0.6) is 5.88 Å². The quantitative estimate of drug-likeness (QED) is 0.639. The molecule has 8 nitrogen and oxygen atoms in total. The molecule has 6 aliphatic rings. The molecule has 3 heterocycles. The number of nitrogen functional groups attached to an aromatic ring is 1. The molecule has 2 saturated heterocycles. The van der Waals surface area contributed by atoms with Crippen LogP contribution in [0.4, 0.5) is 11.8 Å². The van der Waals surface area contributed by atoms with Gasteiger partial charge in [-0.15, -0.1) is 0 Å². The van der Waals surface area contributed by atoms with E-state index < -0.39 is 12.0 Å². The molecular formula is C24H35N5O3. The fourth-order valence-electron chi connectivity index (χ4n) is 7.84. The minimum absolute atomic E-state index is 0.0803. The van der Waals surface area contributed by atoms with Gasteiger partial charge in [0.2, 0.25) is 11.8 Å². The van der Waals surface area contributed by atoms with Gasteiger partial charge in [-0.1, -0.05) is 0 Å². The van der Waals surface area contributed by atoms with Gasteiger partial charge in [0.1, 0.15) is 11.9 Å². The molecule has 32 heavy (non-hydrogen) atoms. The van der Waals surface area contributed by atoms with Gasteiger partial charge in [-0.2, -0.15) is 9.97 Å². The zero-order valence-electron chi connectivity index (χ0n) is 18.7. The molecule has 174 valence electrons. The highest BCUT2D eigenvalue weighted by molar-refractivity contribution is 5.74. The van der Waals surface area contributed by atoms with Crippen molar-refractivity contribution in [3.63, 3.8) is 0 Å². The standard InChI is InChI=1S/C24H35N5O3/c25-23-27-20(29-3-1-24(2-4-29)11-19(22(30)31)26-13-24)10-21(28-23)32-12-18-16-6-14-5-15(8-16)9-17(18)7-14/h10,14-19,26H,1-9,11-13H2,(H,30,31)(H2,25,27,28)/t14-,15-,16-,17+,18?,19-/m0/s1. The maximum absolute atomic E-state index is 11.3.